The predicted octanol–water partition coefficient (Wildman–Crippen LogP) is 3.49. The molecule has 3 rings (SSSR count). The van der Waals surface area contributed by atoms with Gasteiger partial charge < -0.3 is 15.4 Å². The molecule has 1 heterocycles. The Kier molecular flexibility index (Phi) is 7.35. The lowest BCUT2D eigenvalue weighted by molar-refractivity contribution is -0.123. The molecule has 1 aliphatic carbocycles. The number of amides is 1. The Bertz CT molecular complexity index is 542. The van der Waals surface area contributed by atoms with Crippen LogP contribution in [0.5, 0.6) is 0 Å². The zero-order chi connectivity index (χ0) is 16.2. The Labute approximate surface area is 155 Å². The minimum absolute atomic E-state index is 0. The summed E-state index contributed by atoms with van der Waals surface area (Å²) in [5, 5.41) is 7.22. The number of methoxy groups -OCH3 is 1. The second-order valence-electron chi connectivity index (χ2n) is 6.63. The lowest BCUT2D eigenvalue weighted by Gasteiger charge is -2.24. The van der Waals surface area contributed by atoms with Gasteiger partial charge in [0.1, 0.15) is 0 Å². The Morgan fingerprint density at radius 3 is 2.92 bits per heavy atom. The van der Waals surface area contributed by atoms with Gasteiger partial charge in [-0.3, -0.25) is 4.79 Å². The van der Waals surface area contributed by atoms with Gasteiger partial charge in [-0.05, 0) is 42.9 Å². The summed E-state index contributed by atoms with van der Waals surface area (Å²) in [6.45, 7) is 0.461. The Morgan fingerprint density at radius 2 is 2.21 bits per heavy atom. The minimum atomic E-state index is -0.179. The first-order valence-corrected chi connectivity index (χ1v) is 8.87. The van der Waals surface area contributed by atoms with Gasteiger partial charge in [-0.2, -0.15) is 0 Å². The Balaban J connectivity index is 0.00000208. The van der Waals surface area contributed by atoms with Crippen LogP contribution in [0.4, 0.5) is 0 Å². The van der Waals surface area contributed by atoms with Crippen molar-refractivity contribution in [2.75, 3.05) is 13.7 Å². The van der Waals surface area contributed by atoms with Crippen molar-refractivity contribution in [2.45, 2.75) is 50.3 Å². The van der Waals surface area contributed by atoms with Gasteiger partial charge in [0, 0.05) is 24.7 Å². The van der Waals surface area contributed by atoms with Crippen LogP contribution in [-0.2, 0) is 9.53 Å². The molecular weight excluding hydrogens is 347 g/mol. The predicted molar refractivity (Wildman–Crippen MR) is 98.7 cm³/mol. The quantitative estimate of drug-likeness (QED) is 0.831. The van der Waals surface area contributed by atoms with Gasteiger partial charge in [0.2, 0.25) is 5.91 Å². The molecule has 4 unspecified atom stereocenters. The summed E-state index contributed by atoms with van der Waals surface area (Å²) in [5.74, 6) is 0.758. The molecule has 4 nitrogen and oxygen atoms in total. The van der Waals surface area contributed by atoms with Crippen LogP contribution in [0.1, 0.15) is 43.8 Å². The first-order valence-electron chi connectivity index (χ1n) is 8.49. The van der Waals surface area contributed by atoms with Crippen molar-refractivity contribution in [3.05, 3.63) is 34.9 Å². The summed E-state index contributed by atoms with van der Waals surface area (Å²) in [4.78, 5) is 12.5. The highest BCUT2D eigenvalue weighted by Crippen LogP contribution is 2.33. The third kappa shape index (κ3) is 4.63. The molecule has 1 saturated heterocycles. The van der Waals surface area contributed by atoms with E-state index in [1.165, 1.54) is 25.7 Å². The van der Waals surface area contributed by atoms with E-state index in [-0.39, 0.29) is 30.5 Å². The van der Waals surface area contributed by atoms with E-state index in [4.69, 9.17) is 16.3 Å². The van der Waals surface area contributed by atoms with E-state index in [1.54, 1.807) is 7.11 Å². The summed E-state index contributed by atoms with van der Waals surface area (Å²) in [6, 6.07) is 8.05. The second kappa shape index (κ2) is 9.04. The van der Waals surface area contributed by atoms with Crippen LogP contribution in [0.15, 0.2) is 24.3 Å². The van der Waals surface area contributed by atoms with Crippen LogP contribution >= 0.6 is 24.0 Å². The van der Waals surface area contributed by atoms with Crippen molar-refractivity contribution >= 4 is 29.9 Å². The van der Waals surface area contributed by atoms with Crippen LogP contribution in [0.3, 0.4) is 0 Å². The molecule has 2 N–H and O–H groups in total. The number of nitrogens with one attached hydrogen (secondary N) is 2. The summed E-state index contributed by atoms with van der Waals surface area (Å²) in [5.41, 5.74) is 0.980. The van der Waals surface area contributed by atoms with Crippen molar-refractivity contribution in [1.82, 2.24) is 10.6 Å². The second-order valence-corrected chi connectivity index (χ2v) is 7.07. The first-order chi connectivity index (χ1) is 11.2. The molecule has 0 radical (unpaired) electrons. The van der Waals surface area contributed by atoms with Crippen molar-refractivity contribution in [2.24, 2.45) is 5.92 Å². The maximum atomic E-state index is 12.5. The molecule has 0 spiro atoms. The third-order valence-electron chi connectivity index (χ3n) is 5.15. The maximum absolute atomic E-state index is 12.5. The Morgan fingerprint density at radius 1 is 1.42 bits per heavy atom. The molecule has 1 amide bonds. The average Bonchev–Trinajstić information content (AvgIpc) is 2.99. The van der Waals surface area contributed by atoms with Crippen LogP contribution in [0, 0.1) is 5.92 Å². The van der Waals surface area contributed by atoms with Gasteiger partial charge in [-0.25, -0.2) is 0 Å². The molecule has 1 saturated carbocycles. The van der Waals surface area contributed by atoms with Crippen molar-refractivity contribution in [3.63, 3.8) is 0 Å². The normalized spacial score (nSPS) is 27.0. The van der Waals surface area contributed by atoms with E-state index in [2.05, 4.69) is 10.6 Å². The van der Waals surface area contributed by atoms with Gasteiger partial charge in [-0.15, -0.1) is 12.4 Å². The minimum Gasteiger partial charge on any atom is -0.375 e. The molecule has 24 heavy (non-hydrogen) atoms. The van der Waals surface area contributed by atoms with Gasteiger partial charge in [0.25, 0.3) is 0 Å². The lowest BCUT2D eigenvalue weighted by Crippen LogP contribution is -2.44. The van der Waals surface area contributed by atoms with Crippen molar-refractivity contribution in [3.8, 4) is 0 Å². The van der Waals surface area contributed by atoms with Crippen LogP contribution < -0.4 is 10.6 Å². The van der Waals surface area contributed by atoms with Gasteiger partial charge in [-0.1, -0.05) is 36.6 Å². The molecule has 134 valence electrons. The number of fused-ring (bicyclic) bond motifs is 1. The highest BCUT2D eigenvalue weighted by atomic mass is 35.5. The molecular formula is C18H26Cl2N2O2. The van der Waals surface area contributed by atoms with E-state index in [1.807, 2.05) is 24.3 Å². The molecule has 4 atom stereocenters. The van der Waals surface area contributed by atoms with E-state index in [9.17, 15) is 4.79 Å². The zero-order valence-electron chi connectivity index (χ0n) is 14.0. The number of ether oxygens (including phenoxy) is 1. The molecule has 2 fully saturated rings. The van der Waals surface area contributed by atoms with Crippen molar-refractivity contribution in [1.29, 1.82) is 0 Å². The summed E-state index contributed by atoms with van der Waals surface area (Å²) in [7, 11) is 1.65. The maximum Gasteiger partial charge on any atom is 0.237 e. The summed E-state index contributed by atoms with van der Waals surface area (Å²) in [6.07, 6.45) is 5.83. The average molecular weight is 373 g/mol. The highest BCUT2D eigenvalue weighted by molar-refractivity contribution is 6.30. The fraction of sp³-hybridized carbons (Fsp3) is 0.611. The Hall–Kier alpha value is -0.810. The van der Waals surface area contributed by atoms with Gasteiger partial charge in [0.15, 0.2) is 0 Å². The standard InChI is InChI=1S/C18H25ClN2O2.ClH/c1-23-17(13-6-4-7-14(19)9-13)11-20-18(22)16-10-12-5-2-3-8-15(12)21-16;/h4,6-7,9,12,15-17,21H,2-3,5,8,10-11H2,1H3,(H,20,22);1H. The largest absolute Gasteiger partial charge is 0.375 e. The molecule has 2 aliphatic rings. The van der Waals surface area contributed by atoms with Crippen LogP contribution in [0.2, 0.25) is 5.02 Å². The fourth-order valence-corrected chi connectivity index (χ4v) is 4.08. The molecule has 0 aromatic heterocycles. The number of benzene rings is 1. The van der Waals surface area contributed by atoms with Crippen LogP contribution in [0.25, 0.3) is 0 Å². The van der Waals surface area contributed by atoms with E-state index < -0.39 is 0 Å². The molecule has 1 aliphatic heterocycles. The third-order valence-corrected chi connectivity index (χ3v) is 5.38. The summed E-state index contributed by atoms with van der Waals surface area (Å²) >= 11 is 6.03. The number of carbonyl (C=O) groups excluding carboxylic acids is 1. The fourth-order valence-electron chi connectivity index (χ4n) is 3.88. The smallest absolute Gasteiger partial charge is 0.237 e. The zero-order valence-corrected chi connectivity index (χ0v) is 15.5. The monoisotopic (exact) mass is 372 g/mol. The van der Waals surface area contributed by atoms with Gasteiger partial charge in [0.05, 0.1) is 12.1 Å². The molecule has 6 heteroatoms. The number of halogens is 2. The number of carbonyl (C=O) groups is 1. The van der Waals surface area contributed by atoms with Crippen LogP contribution in [-0.4, -0.2) is 31.6 Å². The number of hydrogen-bond acceptors (Lipinski definition) is 3. The lowest BCUT2D eigenvalue weighted by atomic mass is 9.85. The van der Waals surface area contributed by atoms with E-state index in [0.717, 1.165) is 12.0 Å². The van der Waals surface area contributed by atoms with E-state index >= 15 is 0 Å². The molecule has 1 aromatic rings. The molecule has 0 bridgehead atoms. The summed E-state index contributed by atoms with van der Waals surface area (Å²) < 4.78 is 5.51. The first kappa shape index (κ1) is 19.5. The van der Waals surface area contributed by atoms with E-state index in [0.29, 0.717) is 23.5 Å². The number of rotatable bonds is 5. The molecule has 1 aromatic carbocycles. The van der Waals surface area contributed by atoms with Gasteiger partial charge >= 0.3 is 0 Å². The number of hydrogen-bond donors (Lipinski definition) is 2. The topological polar surface area (TPSA) is 50.4 Å². The highest BCUT2D eigenvalue weighted by Gasteiger charge is 2.38. The van der Waals surface area contributed by atoms with Crippen molar-refractivity contribution < 1.29 is 9.53 Å². The SMILES string of the molecule is COC(CNC(=O)C1CC2CCCCC2N1)c1cccc(Cl)c1.Cl.